The summed E-state index contributed by atoms with van der Waals surface area (Å²) in [5, 5.41) is 13.4. The van der Waals surface area contributed by atoms with Crippen molar-refractivity contribution < 1.29 is 14.5 Å². The summed E-state index contributed by atoms with van der Waals surface area (Å²) in [6.45, 7) is 4.67. The van der Waals surface area contributed by atoms with Crippen molar-refractivity contribution in [2.45, 2.75) is 32.6 Å². The number of nitrogens with one attached hydrogen (secondary N) is 1. The normalized spacial score (nSPS) is 11.6. The number of ether oxygens (including phenoxy) is 1. The number of carbonyl (C=O) groups excluding carboxylic acids is 1. The molecule has 2 aromatic rings. The minimum Gasteiger partial charge on any atom is -0.483 e. The van der Waals surface area contributed by atoms with Crippen molar-refractivity contribution in [2.24, 2.45) is 0 Å². The Bertz CT molecular complexity index is 744. The number of nitro benzene ring substituents is 1. The highest BCUT2D eigenvalue weighted by atomic mass is 16.6. The molecule has 0 saturated carbocycles. The second-order valence-electron chi connectivity index (χ2n) is 6.16. The lowest BCUT2D eigenvalue weighted by Gasteiger charge is -2.15. The number of carbonyl (C=O) groups is 1. The standard InChI is InChI=1S/C20H24N2O4/c1-3-15(2)18-6-4-5-7-19(18)26-14-20(23)21-13-12-16-8-10-17(11-9-16)22(24)25/h4-11,15H,3,12-14H2,1-2H3,(H,21,23). The molecule has 0 aliphatic carbocycles. The van der Waals surface area contributed by atoms with Gasteiger partial charge in [0.1, 0.15) is 5.75 Å². The van der Waals surface area contributed by atoms with Crippen molar-refractivity contribution >= 4 is 11.6 Å². The first-order valence-electron chi connectivity index (χ1n) is 8.73. The van der Waals surface area contributed by atoms with Gasteiger partial charge in [-0.25, -0.2) is 0 Å². The fourth-order valence-corrected chi connectivity index (χ4v) is 2.56. The Morgan fingerprint density at radius 2 is 1.88 bits per heavy atom. The monoisotopic (exact) mass is 356 g/mol. The van der Waals surface area contributed by atoms with Gasteiger partial charge in [-0.15, -0.1) is 0 Å². The van der Waals surface area contributed by atoms with Crippen LogP contribution in [0.4, 0.5) is 5.69 Å². The molecular formula is C20H24N2O4. The maximum atomic E-state index is 12.0. The van der Waals surface area contributed by atoms with Crippen LogP contribution in [0.2, 0.25) is 0 Å². The molecule has 1 N–H and O–H groups in total. The first-order valence-corrected chi connectivity index (χ1v) is 8.73. The lowest BCUT2D eigenvalue weighted by molar-refractivity contribution is -0.384. The van der Waals surface area contributed by atoms with Crippen LogP contribution in [0.25, 0.3) is 0 Å². The summed E-state index contributed by atoms with van der Waals surface area (Å²) < 4.78 is 5.68. The summed E-state index contributed by atoms with van der Waals surface area (Å²) in [5.41, 5.74) is 2.10. The third kappa shape index (κ3) is 5.58. The second kappa shape index (κ2) is 9.56. The van der Waals surface area contributed by atoms with Gasteiger partial charge in [0.05, 0.1) is 4.92 Å². The molecule has 0 aliphatic heterocycles. The summed E-state index contributed by atoms with van der Waals surface area (Å²) in [4.78, 5) is 22.2. The first-order chi connectivity index (χ1) is 12.5. The lowest BCUT2D eigenvalue weighted by atomic mass is 9.98. The topological polar surface area (TPSA) is 81.5 Å². The quantitative estimate of drug-likeness (QED) is 0.546. The third-order valence-electron chi connectivity index (χ3n) is 4.30. The Morgan fingerprint density at radius 1 is 1.19 bits per heavy atom. The molecule has 2 rings (SSSR count). The number of hydrogen-bond acceptors (Lipinski definition) is 4. The maximum absolute atomic E-state index is 12.0. The lowest BCUT2D eigenvalue weighted by Crippen LogP contribution is -2.30. The number of nitrogens with zero attached hydrogens (tertiary/aromatic N) is 1. The molecule has 0 aliphatic rings. The summed E-state index contributed by atoms with van der Waals surface area (Å²) >= 11 is 0. The second-order valence-corrected chi connectivity index (χ2v) is 6.16. The van der Waals surface area contributed by atoms with Gasteiger partial charge in [0.25, 0.3) is 11.6 Å². The van der Waals surface area contributed by atoms with Crippen molar-refractivity contribution in [3.8, 4) is 5.75 Å². The van der Waals surface area contributed by atoms with E-state index in [0.29, 0.717) is 18.9 Å². The van der Waals surface area contributed by atoms with Gasteiger partial charge in [0.2, 0.25) is 0 Å². The molecule has 6 heteroatoms. The van der Waals surface area contributed by atoms with Gasteiger partial charge >= 0.3 is 0 Å². The molecule has 1 amide bonds. The van der Waals surface area contributed by atoms with Crippen molar-refractivity contribution in [2.75, 3.05) is 13.2 Å². The van der Waals surface area contributed by atoms with Crippen LogP contribution in [-0.2, 0) is 11.2 Å². The zero-order valence-corrected chi connectivity index (χ0v) is 15.1. The van der Waals surface area contributed by atoms with E-state index < -0.39 is 4.92 Å². The average Bonchev–Trinajstić information content (AvgIpc) is 2.66. The van der Waals surface area contributed by atoms with E-state index >= 15 is 0 Å². The molecule has 0 aromatic heterocycles. The summed E-state index contributed by atoms with van der Waals surface area (Å²) in [5.74, 6) is 0.926. The third-order valence-corrected chi connectivity index (χ3v) is 4.30. The van der Waals surface area contributed by atoms with Crippen LogP contribution in [0.5, 0.6) is 5.75 Å². The zero-order chi connectivity index (χ0) is 18.9. The Labute approximate surface area is 153 Å². The van der Waals surface area contributed by atoms with Gasteiger partial charge in [0.15, 0.2) is 6.61 Å². The van der Waals surface area contributed by atoms with E-state index in [-0.39, 0.29) is 18.2 Å². The van der Waals surface area contributed by atoms with Gasteiger partial charge in [0, 0.05) is 18.7 Å². The van der Waals surface area contributed by atoms with Crippen molar-refractivity contribution in [3.63, 3.8) is 0 Å². The van der Waals surface area contributed by atoms with Crippen LogP contribution in [0.1, 0.15) is 37.3 Å². The Hall–Kier alpha value is -2.89. The largest absolute Gasteiger partial charge is 0.483 e. The van der Waals surface area contributed by atoms with Crippen LogP contribution in [0, 0.1) is 10.1 Å². The molecule has 0 spiro atoms. The first kappa shape index (κ1) is 19.4. The number of nitro groups is 1. The fraction of sp³-hybridized carbons (Fsp3) is 0.350. The Morgan fingerprint density at radius 3 is 2.54 bits per heavy atom. The molecule has 6 nitrogen and oxygen atoms in total. The fourth-order valence-electron chi connectivity index (χ4n) is 2.56. The molecule has 0 radical (unpaired) electrons. The zero-order valence-electron chi connectivity index (χ0n) is 15.1. The van der Waals surface area contributed by atoms with Crippen LogP contribution < -0.4 is 10.1 Å². The molecule has 1 atom stereocenters. The van der Waals surface area contributed by atoms with E-state index in [1.54, 1.807) is 12.1 Å². The number of non-ortho nitro benzene ring substituents is 1. The molecule has 26 heavy (non-hydrogen) atoms. The summed E-state index contributed by atoms with van der Waals surface area (Å²) in [6, 6.07) is 14.1. The minimum atomic E-state index is -0.430. The van der Waals surface area contributed by atoms with Gasteiger partial charge < -0.3 is 10.1 Å². The summed E-state index contributed by atoms with van der Waals surface area (Å²) in [6.07, 6.45) is 1.61. The van der Waals surface area contributed by atoms with Gasteiger partial charge in [-0.2, -0.15) is 0 Å². The van der Waals surface area contributed by atoms with E-state index in [1.807, 2.05) is 24.3 Å². The molecule has 0 bridgehead atoms. The molecule has 2 aromatic carbocycles. The van der Waals surface area contributed by atoms with Crippen LogP contribution >= 0.6 is 0 Å². The smallest absolute Gasteiger partial charge is 0.269 e. The molecular weight excluding hydrogens is 332 g/mol. The van der Waals surface area contributed by atoms with Gasteiger partial charge in [-0.05, 0) is 36.0 Å². The van der Waals surface area contributed by atoms with Crippen LogP contribution in [0.15, 0.2) is 48.5 Å². The summed E-state index contributed by atoms with van der Waals surface area (Å²) in [7, 11) is 0. The highest BCUT2D eigenvalue weighted by molar-refractivity contribution is 5.77. The highest BCUT2D eigenvalue weighted by Gasteiger charge is 2.11. The van der Waals surface area contributed by atoms with Gasteiger partial charge in [-0.1, -0.05) is 44.2 Å². The van der Waals surface area contributed by atoms with Crippen molar-refractivity contribution in [1.29, 1.82) is 0 Å². The molecule has 1 unspecified atom stereocenters. The van der Waals surface area contributed by atoms with Gasteiger partial charge in [-0.3, -0.25) is 14.9 Å². The Balaban J connectivity index is 1.78. The number of para-hydroxylation sites is 1. The number of rotatable bonds is 9. The highest BCUT2D eigenvalue weighted by Crippen LogP contribution is 2.28. The van der Waals surface area contributed by atoms with Crippen molar-refractivity contribution in [3.05, 3.63) is 69.8 Å². The van der Waals surface area contributed by atoms with E-state index in [2.05, 4.69) is 19.2 Å². The number of amides is 1. The minimum absolute atomic E-state index is 0.0340. The number of hydrogen-bond donors (Lipinski definition) is 1. The Kier molecular flexibility index (Phi) is 7.14. The predicted molar refractivity (Wildman–Crippen MR) is 100 cm³/mol. The molecule has 0 fully saturated rings. The van der Waals surface area contributed by atoms with E-state index in [1.165, 1.54) is 12.1 Å². The SMILES string of the molecule is CCC(C)c1ccccc1OCC(=O)NCCc1ccc([N+](=O)[O-])cc1. The molecule has 138 valence electrons. The van der Waals surface area contributed by atoms with Crippen LogP contribution in [-0.4, -0.2) is 24.0 Å². The van der Waals surface area contributed by atoms with E-state index in [4.69, 9.17) is 4.74 Å². The van der Waals surface area contributed by atoms with Crippen LogP contribution in [0.3, 0.4) is 0 Å². The van der Waals surface area contributed by atoms with Crippen molar-refractivity contribution in [1.82, 2.24) is 5.32 Å². The van der Waals surface area contributed by atoms with E-state index in [0.717, 1.165) is 23.3 Å². The predicted octanol–water partition coefficient (Wildman–Crippen LogP) is 3.85. The average molecular weight is 356 g/mol. The molecule has 0 saturated heterocycles. The molecule has 0 heterocycles. The maximum Gasteiger partial charge on any atom is 0.269 e. The van der Waals surface area contributed by atoms with E-state index in [9.17, 15) is 14.9 Å². The number of benzene rings is 2.